The summed E-state index contributed by atoms with van der Waals surface area (Å²) in [6.07, 6.45) is 1.59. The Bertz CT molecular complexity index is 674. The van der Waals surface area contributed by atoms with Gasteiger partial charge in [0.05, 0.1) is 5.69 Å². The van der Waals surface area contributed by atoms with Crippen molar-refractivity contribution >= 4 is 56.8 Å². The van der Waals surface area contributed by atoms with Crippen molar-refractivity contribution in [1.29, 1.82) is 0 Å². The maximum Gasteiger partial charge on any atom is 0.265 e. The molecule has 1 saturated heterocycles. The van der Waals surface area contributed by atoms with Gasteiger partial charge in [0.2, 0.25) is 0 Å². The molecule has 0 saturated carbocycles. The number of carbonyl (C=O) groups excluding carboxylic acids is 2. The Balaban J connectivity index is 2.44. The van der Waals surface area contributed by atoms with Crippen LogP contribution >= 0.6 is 28.1 Å². The molecule has 116 valence electrons. The van der Waals surface area contributed by atoms with E-state index in [2.05, 4.69) is 15.9 Å². The van der Waals surface area contributed by atoms with Gasteiger partial charge in [-0.15, -0.1) is 0 Å². The number of benzene rings is 1. The van der Waals surface area contributed by atoms with Gasteiger partial charge in [0.15, 0.2) is 5.11 Å². The smallest absolute Gasteiger partial charge is 0.265 e. The summed E-state index contributed by atoms with van der Waals surface area (Å²) in [4.78, 5) is 29.1. The van der Waals surface area contributed by atoms with E-state index in [4.69, 9.17) is 12.2 Å². The highest BCUT2D eigenvalue weighted by molar-refractivity contribution is 9.10. The molecule has 2 rings (SSSR count). The van der Waals surface area contributed by atoms with Crippen LogP contribution in [0.5, 0.6) is 0 Å². The van der Waals surface area contributed by atoms with Crippen LogP contribution in [0.2, 0.25) is 0 Å². The summed E-state index contributed by atoms with van der Waals surface area (Å²) in [5, 5.41) is 0.205. The molecule has 0 atom stereocenters. The minimum atomic E-state index is -0.388. The number of anilines is 1. The molecule has 0 aliphatic carbocycles. The molecule has 2 amide bonds. The van der Waals surface area contributed by atoms with Gasteiger partial charge in [0.1, 0.15) is 5.57 Å². The number of likely N-dealkylation sites (N-methyl/N-ethyl adjacent to an activating group) is 2. The highest BCUT2D eigenvalue weighted by Crippen LogP contribution is 2.27. The number of hydrogen-bond acceptors (Lipinski definition) is 4. The molecule has 0 radical (unpaired) electrons. The Labute approximate surface area is 143 Å². The van der Waals surface area contributed by atoms with Gasteiger partial charge in [0, 0.05) is 32.7 Å². The fraction of sp³-hybridized carbons (Fsp3) is 0.267. The van der Waals surface area contributed by atoms with E-state index in [1.54, 1.807) is 20.2 Å². The third-order valence-corrected chi connectivity index (χ3v) is 4.59. The lowest BCUT2D eigenvalue weighted by Gasteiger charge is -2.31. The second-order valence-corrected chi connectivity index (χ2v) is 6.39. The molecule has 1 aliphatic rings. The van der Waals surface area contributed by atoms with Gasteiger partial charge >= 0.3 is 0 Å². The third kappa shape index (κ3) is 2.91. The molecular weight excluding hydrogens is 366 g/mol. The Kier molecular flexibility index (Phi) is 4.67. The van der Waals surface area contributed by atoms with E-state index in [1.165, 1.54) is 9.80 Å². The molecule has 1 aliphatic heterocycles. The molecule has 7 heteroatoms. The third-order valence-electron chi connectivity index (χ3n) is 3.41. The van der Waals surface area contributed by atoms with Crippen molar-refractivity contribution in [3.8, 4) is 0 Å². The van der Waals surface area contributed by atoms with E-state index in [1.807, 2.05) is 37.2 Å². The molecule has 1 fully saturated rings. The SMILES string of the molecule is CN1C(=O)C(=Cc2ccc(N(C)C)c(Br)c2)C(=O)N(C)C1=S. The molecular formula is C15H16BrN3O2S. The van der Waals surface area contributed by atoms with E-state index < -0.39 is 0 Å². The highest BCUT2D eigenvalue weighted by Gasteiger charge is 2.35. The first-order valence-corrected chi connectivity index (χ1v) is 7.72. The fourth-order valence-electron chi connectivity index (χ4n) is 2.12. The van der Waals surface area contributed by atoms with Crippen LogP contribution in [0.4, 0.5) is 5.69 Å². The number of amides is 2. The number of rotatable bonds is 2. The van der Waals surface area contributed by atoms with Gasteiger partial charge in [-0.25, -0.2) is 0 Å². The van der Waals surface area contributed by atoms with Gasteiger partial charge in [-0.3, -0.25) is 19.4 Å². The van der Waals surface area contributed by atoms with E-state index in [0.717, 1.165) is 15.7 Å². The molecule has 1 heterocycles. The van der Waals surface area contributed by atoms with Crippen molar-refractivity contribution < 1.29 is 9.59 Å². The summed E-state index contributed by atoms with van der Waals surface area (Å²) < 4.78 is 0.889. The number of thiocarbonyl (C=S) groups is 1. The molecule has 1 aromatic rings. The molecule has 0 aromatic heterocycles. The van der Waals surface area contributed by atoms with Crippen molar-refractivity contribution in [3.05, 3.63) is 33.8 Å². The standard InChI is InChI=1S/C15H16BrN3O2S/c1-17(2)12-6-5-9(8-11(12)16)7-10-13(20)18(3)15(22)19(4)14(10)21/h5-8H,1-4H3. The van der Waals surface area contributed by atoms with E-state index in [-0.39, 0.29) is 22.5 Å². The lowest BCUT2D eigenvalue weighted by Crippen LogP contribution is -2.52. The average Bonchev–Trinajstić information content (AvgIpc) is 2.47. The summed E-state index contributed by atoms with van der Waals surface area (Å²) in [6, 6.07) is 5.66. The maximum absolute atomic E-state index is 12.3. The van der Waals surface area contributed by atoms with Crippen LogP contribution in [0.25, 0.3) is 6.08 Å². The minimum Gasteiger partial charge on any atom is -0.377 e. The predicted molar refractivity (Wildman–Crippen MR) is 94.6 cm³/mol. The van der Waals surface area contributed by atoms with Gasteiger partial charge < -0.3 is 4.90 Å². The Hall–Kier alpha value is -1.73. The topological polar surface area (TPSA) is 43.9 Å². The lowest BCUT2D eigenvalue weighted by molar-refractivity contribution is -0.132. The molecule has 22 heavy (non-hydrogen) atoms. The van der Waals surface area contributed by atoms with Crippen LogP contribution in [0.3, 0.4) is 0 Å². The zero-order valence-corrected chi connectivity index (χ0v) is 15.2. The second kappa shape index (κ2) is 6.18. The van der Waals surface area contributed by atoms with Crippen LogP contribution in [0, 0.1) is 0 Å². The van der Waals surface area contributed by atoms with E-state index in [9.17, 15) is 9.59 Å². The average molecular weight is 382 g/mol. The zero-order chi connectivity index (χ0) is 16.6. The summed E-state index contributed by atoms with van der Waals surface area (Å²) in [6.45, 7) is 0. The predicted octanol–water partition coefficient (Wildman–Crippen LogP) is 2.11. The van der Waals surface area contributed by atoms with Gasteiger partial charge in [0.25, 0.3) is 11.8 Å². The normalized spacial score (nSPS) is 15.5. The number of nitrogens with zero attached hydrogens (tertiary/aromatic N) is 3. The summed E-state index contributed by atoms with van der Waals surface area (Å²) in [7, 11) is 7.01. The van der Waals surface area contributed by atoms with Crippen molar-refractivity contribution in [3.63, 3.8) is 0 Å². The van der Waals surface area contributed by atoms with E-state index in [0.29, 0.717) is 0 Å². The first kappa shape index (κ1) is 16.6. The lowest BCUT2D eigenvalue weighted by atomic mass is 10.1. The second-order valence-electron chi connectivity index (χ2n) is 5.17. The number of halogens is 1. The molecule has 0 spiro atoms. The first-order chi connectivity index (χ1) is 10.2. The summed E-state index contributed by atoms with van der Waals surface area (Å²) in [5.41, 5.74) is 1.88. The molecule has 1 aromatic carbocycles. The summed E-state index contributed by atoms with van der Waals surface area (Å²) >= 11 is 8.55. The van der Waals surface area contributed by atoms with Crippen molar-refractivity contribution in [2.24, 2.45) is 0 Å². The molecule has 5 nitrogen and oxygen atoms in total. The quantitative estimate of drug-likeness (QED) is 0.447. The minimum absolute atomic E-state index is 0.100. The van der Waals surface area contributed by atoms with Crippen LogP contribution in [0.1, 0.15) is 5.56 Å². The molecule has 0 N–H and O–H groups in total. The van der Waals surface area contributed by atoms with Crippen LogP contribution in [-0.2, 0) is 9.59 Å². The number of hydrogen-bond donors (Lipinski definition) is 0. The van der Waals surface area contributed by atoms with E-state index >= 15 is 0 Å². The molecule has 0 unspecified atom stereocenters. The van der Waals surface area contributed by atoms with Gasteiger partial charge in [-0.05, 0) is 51.9 Å². The van der Waals surface area contributed by atoms with Crippen molar-refractivity contribution in [2.45, 2.75) is 0 Å². The Morgan fingerprint density at radius 2 is 1.68 bits per heavy atom. The van der Waals surface area contributed by atoms with Crippen LogP contribution in [0.15, 0.2) is 28.2 Å². The summed E-state index contributed by atoms with van der Waals surface area (Å²) in [5.74, 6) is -0.776. The zero-order valence-electron chi connectivity index (χ0n) is 12.8. The highest BCUT2D eigenvalue weighted by atomic mass is 79.9. The van der Waals surface area contributed by atoms with Crippen LogP contribution < -0.4 is 4.90 Å². The first-order valence-electron chi connectivity index (χ1n) is 6.52. The largest absolute Gasteiger partial charge is 0.377 e. The Morgan fingerprint density at radius 3 is 2.14 bits per heavy atom. The van der Waals surface area contributed by atoms with Crippen LogP contribution in [-0.4, -0.2) is 54.9 Å². The van der Waals surface area contributed by atoms with Crippen molar-refractivity contribution in [1.82, 2.24) is 9.80 Å². The van der Waals surface area contributed by atoms with Gasteiger partial charge in [-0.2, -0.15) is 0 Å². The van der Waals surface area contributed by atoms with Gasteiger partial charge in [-0.1, -0.05) is 6.07 Å². The molecule has 0 bridgehead atoms. The monoisotopic (exact) mass is 381 g/mol. The maximum atomic E-state index is 12.3. The Morgan fingerprint density at radius 1 is 1.14 bits per heavy atom. The fourth-order valence-corrected chi connectivity index (χ4v) is 3.03. The number of carbonyl (C=O) groups is 2. The van der Waals surface area contributed by atoms with Crippen molar-refractivity contribution in [2.75, 3.05) is 33.1 Å².